The number of carboxylic acids is 2. The highest BCUT2D eigenvalue weighted by molar-refractivity contribution is 5.74. The van der Waals surface area contributed by atoms with E-state index in [4.69, 9.17) is 15.9 Å². The minimum Gasteiger partial charge on any atom is -0.481 e. The SMILES string of the molecule is NC(CCC(=O)O)C(=O)O.O.O.O.O.O.O. The number of carboxylic acid groups (broad SMARTS) is 2. The van der Waals surface area contributed by atoms with E-state index in [0.717, 1.165) is 0 Å². The summed E-state index contributed by atoms with van der Waals surface area (Å²) in [6, 6.07) is -1.06. The van der Waals surface area contributed by atoms with E-state index in [1.807, 2.05) is 0 Å². The first-order valence-corrected chi connectivity index (χ1v) is 2.74. The first kappa shape index (κ1) is 46.6. The van der Waals surface area contributed by atoms with E-state index in [9.17, 15) is 9.59 Å². The fraction of sp³-hybridized carbons (Fsp3) is 0.600. The summed E-state index contributed by atoms with van der Waals surface area (Å²) < 4.78 is 0. The summed E-state index contributed by atoms with van der Waals surface area (Å²) in [7, 11) is 0. The molecule has 0 bridgehead atoms. The molecule has 0 saturated carbocycles. The van der Waals surface area contributed by atoms with Gasteiger partial charge in [0.15, 0.2) is 0 Å². The van der Waals surface area contributed by atoms with Gasteiger partial charge in [-0.2, -0.15) is 0 Å². The van der Waals surface area contributed by atoms with Crippen molar-refractivity contribution < 1.29 is 52.7 Å². The zero-order valence-corrected chi connectivity index (χ0v) is 8.28. The molecule has 0 amide bonds. The lowest BCUT2D eigenvalue weighted by molar-refractivity contribution is -0.139. The van der Waals surface area contributed by atoms with Crippen LogP contribution >= 0.6 is 0 Å². The molecule has 0 aliphatic carbocycles. The summed E-state index contributed by atoms with van der Waals surface area (Å²) in [5, 5.41) is 16.3. The Morgan fingerprint density at radius 3 is 1.44 bits per heavy atom. The fourth-order valence-electron chi connectivity index (χ4n) is 0.402. The van der Waals surface area contributed by atoms with Crippen LogP contribution < -0.4 is 5.73 Å². The van der Waals surface area contributed by atoms with Crippen LogP contribution in [0.5, 0.6) is 0 Å². The molecule has 0 fully saturated rings. The van der Waals surface area contributed by atoms with Crippen LogP contribution in [0.2, 0.25) is 0 Å². The van der Waals surface area contributed by atoms with Crippen LogP contribution in [0, 0.1) is 0 Å². The molecule has 0 aromatic rings. The van der Waals surface area contributed by atoms with Gasteiger partial charge in [-0.25, -0.2) is 0 Å². The highest BCUT2D eigenvalue weighted by Crippen LogP contribution is 1.93. The number of carbonyl (C=O) groups is 2. The Morgan fingerprint density at radius 2 is 1.25 bits per heavy atom. The molecule has 0 aromatic heterocycles. The smallest absolute Gasteiger partial charge is 0.320 e. The topological polar surface area (TPSA) is 290 Å². The van der Waals surface area contributed by atoms with Crippen molar-refractivity contribution in [1.82, 2.24) is 0 Å². The van der Waals surface area contributed by atoms with Crippen molar-refractivity contribution in [2.75, 3.05) is 0 Å². The molecular formula is C5H21NO10. The van der Waals surface area contributed by atoms with Crippen LogP contribution in [0.15, 0.2) is 0 Å². The Bertz CT molecular complexity index is 150. The van der Waals surface area contributed by atoms with Crippen LogP contribution in [-0.4, -0.2) is 61.1 Å². The van der Waals surface area contributed by atoms with Crippen molar-refractivity contribution in [2.24, 2.45) is 5.73 Å². The van der Waals surface area contributed by atoms with E-state index in [2.05, 4.69) is 0 Å². The summed E-state index contributed by atoms with van der Waals surface area (Å²) in [5.74, 6) is -2.20. The highest BCUT2D eigenvalue weighted by Gasteiger charge is 2.12. The predicted octanol–water partition coefficient (Wildman–Crippen LogP) is -5.69. The van der Waals surface area contributed by atoms with E-state index in [1.165, 1.54) is 0 Å². The van der Waals surface area contributed by atoms with Gasteiger partial charge in [0, 0.05) is 6.42 Å². The number of hydrogen-bond donors (Lipinski definition) is 3. The standard InChI is InChI=1S/C5H9NO4.6H2O/c6-3(5(9)10)1-2-4(7)8;;;;;;/h3H,1-2,6H2,(H,7,8)(H,9,10);6*1H2. The second kappa shape index (κ2) is 23.5. The first-order valence-electron chi connectivity index (χ1n) is 2.74. The van der Waals surface area contributed by atoms with Gasteiger partial charge in [0.1, 0.15) is 6.04 Å². The van der Waals surface area contributed by atoms with Gasteiger partial charge in [0.05, 0.1) is 0 Å². The summed E-state index contributed by atoms with van der Waals surface area (Å²) in [6.07, 6.45) is -0.224. The van der Waals surface area contributed by atoms with Crippen LogP contribution in [0.4, 0.5) is 0 Å². The summed E-state index contributed by atoms with van der Waals surface area (Å²) in [6.45, 7) is 0. The molecule has 0 aliphatic heterocycles. The van der Waals surface area contributed by atoms with Gasteiger partial charge in [-0.05, 0) is 6.42 Å². The minimum atomic E-state index is -1.17. The lowest BCUT2D eigenvalue weighted by atomic mass is 10.2. The Kier molecular flexibility index (Phi) is 68.4. The molecule has 0 rings (SSSR count). The average molecular weight is 255 g/mol. The van der Waals surface area contributed by atoms with E-state index in [-0.39, 0.29) is 45.7 Å². The van der Waals surface area contributed by atoms with Gasteiger partial charge < -0.3 is 48.8 Å². The zero-order valence-electron chi connectivity index (χ0n) is 8.28. The number of nitrogens with two attached hydrogens (primary N) is 1. The molecule has 16 N–H and O–H groups in total. The second-order valence-corrected chi connectivity index (χ2v) is 1.88. The maximum atomic E-state index is 9.99. The van der Waals surface area contributed by atoms with Gasteiger partial charge in [0.2, 0.25) is 0 Å². The average Bonchev–Trinajstić information content (AvgIpc) is 1.82. The summed E-state index contributed by atoms with van der Waals surface area (Å²) >= 11 is 0. The normalized spacial score (nSPS) is 7.81. The molecule has 1 unspecified atom stereocenters. The number of rotatable bonds is 4. The Hall–Kier alpha value is -1.34. The Labute approximate surface area is 90.3 Å². The first-order chi connectivity index (χ1) is 4.54. The van der Waals surface area contributed by atoms with E-state index < -0.39 is 18.0 Å². The third-order valence-corrected chi connectivity index (χ3v) is 0.986. The minimum absolute atomic E-state index is 0. The Morgan fingerprint density at radius 1 is 0.938 bits per heavy atom. The number of aliphatic carboxylic acids is 2. The molecule has 0 heterocycles. The third kappa shape index (κ3) is 29.3. The van der Waals surface area contributed by atoms with Gasteiger partial charge in [-0.1, -0.05) is 0 Å². The molecule has 11 heteroatoms. The van der Waals surface area contributed by atoms with Crippen molar-refractivity contribution in [3.63, 3.8) is 0 Å². The zero-order chi connectivity index (χ0) is 8.15. The van der Waals surface area contributed by atoms with Gasteiger partial charge in [-0.3, -0.25) is 9.59 Å². The Balaban J connectivity index is -0.0000000270. The van der Waals surface area contributed by atoms with Crippen molar-refractivity contribution in [1.29, 1.82) is 0 Å². The van der Waals surface area contributed by atoms with Gasteiger partial charge in [-0.15, -0.1) is 0 Å². The van der Waals surface area contributed by atoms with Crippen LogP contribution in [0.3, 0.4) is 0 Å². The maximum absolute atomic E-state index is 9.99. The fourth-order valence-corrected chi connectivity index (χ4v) is 0.402. The number of hydrogen-bond acceptors (Lipinski definition) is 3. The van der Waals surface area contributed by atoms with Crippen molar-refractivity contribution in [2.45, 2.75) is 18.9 Å². The molecule has 16 heavy (non-hydrogen) atoms. The molecular weight excluding hydrogens is 234 g/mol. The quantitative estimate of drug-likeness (QED) is 0.440. The van der Waals surface area contributed by atoms with E-state index in [1.54, 1.807) is 0 Å². The van der Waals surface area contributed by atoms with Crippen molar-refractivity contribution in [3.05, 3.63) is 0 Å². The molecule has 0 spiro atoms. The van der Waals surface area contributed by atoms with E-state index >= 15 is 0 Å². The lowest BCUT2D eigenvalue weighted by Gasteiger charge is -2.01. The predicted molar refractivity (Wildman–Crippen MR) is 54.2 cm³/mol. The monoisotopic (exact) mass is 255 g/mol. The summed E-state index contributed by atoms with van der Waals surface area (Å²) in [4.78, 5) is 19.9. The molecule has 0 aliphatic rings. The van der Waals surface area contributed by atoms with Crippen LogP contribution in [-0.2, 0) is 9.59 Å². The molecule has 11 nitrogen and oxygen atoms in total. The van der Waals surface area contributed by atoms with Gasteiger partial charge in [0.25, 0.3) is 0 Å². The summed E-state index contributed by atoms with van der Waals surface area (Å²) in [5.41, 5.74) is 5.00. The maximum Gasteiger partial charge on any atom is 0.320 e. The molecule has 1 atom stereocenters. The van der Waals surface area contributed by atoms with Crippen molar-refractivity contribution in [3.8, 4) is 0 Å². The highest BCUT2D eigenvalue weighted by atomic mass is 16.4. The van der Waals surface area contributed by atoms with E-state index in [0.29, 0.717) is 0 Å². The van der Waals surface area contributed by atoms with Crippen molar-refractivity contribution >= 4 is 11.9 Å². The largest absolute Gasteiger partial charge is 0.481 e. The second-order valence-electron chi connectivity index (χ2n) is 1.88. The van der Waals surface area contributed by atoms with Gasteiger partial charge >= 0.3 is 11.9 Å². The lowest BCUT2D eigenvalue weighted by Crippen LogP contribution is -2.30. The van der Waals surface area contributed by atoms with Crippen LogP contribution in [0.1, 0.15) is 12.8 Å². The molecule has 106 valence electrons. The third-order valence-electron chi connectivity index (χ3n) is 0.986. The molecule has 0 saturated heterocycles. The molecule has 0 aromatic carbocycles. The van der Waals surface area contributed by atoms with Crippen LogP contribution in [0.25, 0.3) is 0 Å². The molecule has 0 radical (unpaired) electrons.